The van der Waals surface area contributed by atoms with E-state index in [0.717, 1.165) is 23.3 Å². The summed E-state index contributed by atoms with van der Waals surface area (Å²) in [4.78, 5) is 1.29. The highest BCUT2D eigenvalue weighted by molar-refractivity contribution is 9.11. The Bertz CT molecular complexity index is 390. The molecular formula is C11H18BrN3OS. The predicted octanol–water partition coefficient (Wildman–Crippen LogP) is 2.76. The first kappa shape index (κ1) is 14.5. The van der Waals surface area contributed by atoms with Crippen LogP contribution in [-0.4, -0.2) is 17.6 Å². The average molecular weight is 320 g/mol. The van der Waals surface area contributed by atoms with Gasteiger partial charge in [-0.05, 0) is 41.0 Å². The first-order chi connectivity index (χ1) is 7.95. The van der Waals surface area contributed by atoms with Gasteiger partial charge in [0.25, 0.3) is 0 Å². The van der Waals surface area contributed by atoms with Gasteiger partial charge in [-0.15, -0.1) is 11.3 Å². The van der Waals surface area contributed by atoms with E-state index in [1.165, 1.54) is 4.88 Å². The number of halogens is 1. The van der Waals surface area contributed by atoms with Crippen molar-refractivity contribution in [3.63, 3.8) is 0 Å². The maximum Gasteiger partial charge on any atom is 0.144 e. The van der Waals surface area contributed by atoms with Gasteiger partial charge >= 0.3 is 0 Å². The lowest BCUT2D eigenvalue weighted by Gasteiger charge is -2.22. The molecule has 0 unspecified atom stereocenters. The SMILES string of the molecule is CC(C)(CCNCc1ccc(Br)s1)C(N)=NO. The zero-order valence-electron chi connectivity index (χ0n) is 10.0. The summed E-state index contributed by atoms with van der Waals surface area (Å²) in [5, 5.41) is 15.1. The summed E-state index contributed by atoms with van der Waals surface area (Å²) in [5.74, 6) is 0.276. The van der Waals surface area contributed by atoms with Crippen LogP contribution in [0.3, 0.4) is 0 Å². The molecule has 0 aromatic carbocycles. The monoisotopic (exact) mass is 319 g/mol. The number of nitrogens with zero attached hydrogens (tertiary/aromatic N) is 1. The smallest absolute Gasteiger partial charge is 0.144 e. The first-order valence-electron chi connectivity index (χ1n) is 5.38. The van der Waals surface area contributed by atoms with Gasteiger partial charge in [0.2, 0.25) is 0 Å². The van der Waals surface area contributed by atoms with Gasteiger partial charge in [0.1, 0.15) is 5.84 Å². The molecule has 0 radical (unpaired) electrons. The quantitative estimate of drug-likeness (QED) is 0.248. The van der Waals surface area contributed by atoms with Crippen molar-refractivity contribution in [2.45, 2.75) is 26.8 Å². The minimum atomic E-state index is -0.280. The molecule has 1 aromatic heterocycles. The molecule has 0 spiro atoms. The fourth-order valence-electron chi connectivity index (χ4n) is 1.32. The Balaban J connectivity index is 2.29. The second-order valence-electron chi connectivity index (χ2n) is 4.50. The lowest BCUT2D eigenvalue weighted by molar-refractivity contribution is 0.305. The van der Waals surface area contributed by atoms with E-state index in [0.29, 0.717) is 0 Å². The molecule has 0 fully saturated rings. The maximum atomic E-state index is 8.65. The topological polar surface area (TPSA) is 70.6 Å². The Morgan fingerprint density at radius 1 is 1.59 bits per heavy atom. The van der Waals surface area contributed by atoms with Gasteiger partial charge < -0.3 is 16.3 Å². The summed E-state index contributed by atoms with van der Waals surface area (Å²) in [6.07, 6.45) is 0.829. The van der Waals surface area contributed by atoms with Gasteiger partial charge in [-0.2, -0.15) is 0 Å². The molecule has 0 saturated heterocycles. The highest BCUT2D eigenvalue weighted by Crippen LogP contribution is 2.22. The molecule has 0 bridgehead atoms. The summed E-state index contributed by atoms with van der Waals surface area (Å²) in [6.45, 7) is 5.61. The van der Waals surface area contributed by atoms with Crippen molar-refractivity contribution in [2.24, 2.45) is 16.3 Å². The van der Waals surface area contributed by atoms with E-state index >= 15 is 0 Å². The fourth-order valence-corrected chi connectivity index (χ4v) is 2.78. The van der Waals surface area contributed by atoms with Crippen molar-refractivity contribution in [3.05, 3.63) is 20.8 Å². The number of amidine groups is 1. The molecule has 1 rings (SSSR count). The number of thiophene rings is 1. The third-order valence-electron chi connectivity index (χ3n) is 2.66. The minimum Gasteiger partial charge on any atom is -0.409 e. The van der Waals surface area contributed by atoms with E-state index in [9.17, 15) is 0 Å². The molecule has 0 aliphatic heterocycles. The molecule has 0 amide bonds. The minimum absolute atomic E-state index is 0.276. The Hall–Kier alpha value is -0.590. The van der Waals surface area contributed by atoms with Crippen molar-refractivity contribution in [1.29, 1.82) is 0 Å². The third-order valence-corrected chi connectivity index (χ3v) is 4.28. The summed E-state index contributed by atoms with van der Waals surface area (Å²) < 4.78 is 1.14. The number of rotatable bonds is 6. The number of hydrogen-bond acceptors (Lipinski definition) is 4. The standard InChI is InChI=1S/C11H18BrN3OS/c1-11(2,10(13)15-16)5-6-14-7-8-3-4-9(12)17-8/h3-4,14,16H,5-7H2,1-2H3,(H2,13,15). The molecule has 17 heavy (non-hydrogen) atoms. The number of nitrogens with one attached hydrogen (secondary N) is 1. The lowest BCUT2D eigenvalue weighted by Crippen LogP contribution is -2.34. The van der Waals surface area contributed by atoms with E-state index in [1.54, 1.807) is 11.3 Å². The van der Waals surface area contributed by atoms with Gasteiger partial charge in [-0.1, -0.05) is 19.0 Å². The fraction of sp³-hybridized carbons (Fsp3) is 0.545. The van der Waals surface area contributed by atoms with E-state index in [4.69, 9.17) is 10.9 Å². The van der Waals surface area contributed by atoms with E-state index < -0.39 is 0 Å². The zero-order chi connectivity index (χ0) is 12.9. The van der Waals surface area contributed by atoms with Crippen LogP contribution >= 0.6 is 27.3 Å². The molecule has 0 saturated carbocycles. The molecule has 1 aromatic rings. The molecule has 4 N–H and O–H groups in total. The van der Waals surface area contributed by atoms with E-state index in [2.05, 4.69) is 32.5 Å². The van der Waals surface area contributed by atoms with Crippen LogP contribution in [0.2, 0.25) is 0 Å². The van der Waals surface area contributed by atoms with Crippen LogP contribution in [-0.2, 0) is 6.54 Å². The van der Waals surface area contributed by atoms with Crippen molar-refractivity contribution in [1.82, 2.24) is 5.32 Å². The summed E-state index contributed by atoms with van der Waals surface area (Å²) >= 11 is 5.15. The molecule has 96 valence electrons. The number of nitrogens with two attached hydrogens (primary N) is 1. The lowest BCUT2D eigenvalue weighted by atomic mass is 9.88. The molecule has 0 atom stereocenters. The van der Waals surface area contributed by atoms with Gasteiger partial charge in [-0.25, -0.2) is 0 Å². The zero-order valence-corrected chi connectivity index (χ0v) is 12.4. The second-order valence-corrected chi connectivity index (χ2v) is 7.05. The highest BCUT2D eigenvalue weighted by atomic mass is 79.9. The number of oxime groups is 1. The molecule has 0 aliphatic carbocycles. The predicted molar refractivity (Wildman–Crippen MR) is 75.5 cm³/mol. The maximum absolute atomic E-state index is 8.65. The van der Waals surface area contributed by atoms with Crippen LogP contribution in [0, 0.1) is 5.41 Å². The molecular weight excluding hydrogens is 302 g/mol. The van der Waals surface area contributed by atoms with Crippen LogP contribution in [0.4, 0.5) is 0 Å². The van der Waals surface area contributed by atoms with Gasteiger partial charge in [0.05, 0.1) is 3.79 Å². The third kappa shape index (κ3) is 4.65. The van der Waals surface area contributed by atoms with E-state index in [-0.39, 0.29) is 11.3 Å². The van der Waals surface area contributed by atoms with Gasteiger partial charge in [-0.3, -0.25) is 0 Å². The normalized spacial score (nSPS) is 13.0. The average Bonchev–Trinajstić information content (AvgIpc) is 2.69. The molecule has 0 aliphatic rings. The Morgan fingerprint density at radius 3 is 2.82 bits per heavy atom. The van der Waals surface area contributed by atoms with Crippen LogP contribution in [0.25, 0.3) is 0 Å². The Morgan fingerprint density at radius 2 is 2.29 bits per heavy atom. The number of hydrogen-bond donors (Lipinski definition) is 3. The Labute approximate surface area is 114 Å². The summed E-state index contributed by atoms with van der Waals surface area (Å²) in [7, 11) is 0. The first-order valence-corrected chi connectivity index (χ1v) is 6.99. The second kappa shape index (κ2) is 6.37. The largest absolute Gasteiger partial charge is 0.409 e. The molecule has 6 heteroatoms. The van der Waals surface area contributed by atoms with Crippen molar-refractivity contribution < 1.29 is 5.21 Å². The van der Waals surface area contributed by atoms with Crippen LogP contribution in [0.15, 0.2) is 21.1 Å². The van der Waals surface area contributed by atoms with Crippen LogP contribution in [0.5, 0.6) is 0 Å². The summed E-state index contributed by atoms with van der Waals surface area (Å²) in [5.41, 5.74) is 5.34. The van der Waals surface area contributed by atoms with Crippen molar-refractivity contribution in [3.8, 4) is 0 Å². The van der Waals surface area contributed by atoms with E-state index in [1.807, 2.05) is 19.9 Å². The van der Waals surface area contributed by atoms with Crippen molar-refractivity contribution in [2.75, 3.05) is 6.54 Å². The summed E-state index contributed by atoms with van der Waals surface area (Å²) in [6, 6.07) is 4.14. The Kier molecular flexibility index (Phi) is 5.42. The molecule has 4 nitrogen and oxygen atoms in total. The molecule has 1 heterocycles. The van der Waals surface area contributed by atoms with Gasteiger partial charge in [0.15, 0.2) is 0 Å². The highest BCUT2D eigenvalue weighted by Gasteiger charge is 2.22. The van der Waals surface area contributed by atoms with Crippen LogP contribution in [0.1, 0.15) is 25.1 Å². The van der Waals surface area contributed by atoms with Crippen molar-refractivity contribution >= 4 is 33.1 Å². The van der Waals surface area contributed by atoms with Gasteiger partial charge in [0, 0.05) is 16.8 Å². The van der Waals surface area contributed by atoms with Crippen LogP contribution < -0.4 is 11.1 Å².